The van der Waals surface area contributed by atoms with E-state index in [-0.39, 0.29) is 25.3 Å². The number of nitrogens with one attached hydrogen (secondary N) is 2. The molecular formula is C19H18FN5O3S. The Hall–Kier alpha value is -3.24. The number of ether oxygens (including phenoxy) is 1. The highest BCUT2D eigenvalue weighted by Crippen LogP contribution is 2.37. The van der Waals surface area contributed by atoms with Crippen LogP contribution >= 0.6 is 11.3 Å². The fourth-order valence-electron chi connectivity index (χ4n) is 3.18. The molecular weight excluding hydrogens is 397 g/mol. The number of cyclic esters (lactones) is 1. The zero-order valence-electron chi connectivity index (χ0n) is 15.2. The van der Waals surface area contributed by atoms with Gasteiger partial charge in [0.25, 0.3) is 0 Å². The number of nitrogens with zero attached hydrogens (tertiary/aromatic N) is 2. The van der Waals surface area contributed by atoms with E-state index in [0.29, 0.717) is 17.6 Å². The van der Waals surface area contributed by atoms with Gasteiger partial charge in [0.1, 0.15) is 12.9 Å². The van der Waals surface area contributed by atoms with Gasteiger partial charge in [-0.3, -0.25) is 9.88 Å². The maximum Gasteiger partial charge on any atom is 0.411 e. The Balaban J connectivity index is 1.69. The van der Waals surface area contributed by atoms with Crippen LogP contribution in [0.25, 0.3) is 10.4 Å². The minimum absolute atomic E-state index is 0.0599. The summed E-state index contributed by atoms with van der Waals surface area (Å²) in [6, 6.07) is 9.13. The number of rotatable bonds is 6. The summed E-state index contributed by atoms with van der Waals surface area (Å²) in [4.78, 5) is 25.4. The number of anilines is 1. The highest BCUT2D eigenvalue weighted by Gasteiger charge is 2.21. The van der Waals surface area contributed by atoms with Crippen LogP contribution in [-0.2, 0) is 11.3 Å². The number of fused-ring (bicyclic) bond motifs is 1. The molecule has 1 amide bonds. The number of hydrogen-bond donors (Lipinski definition) is 3. The minimum Gasteiger partial charge on any atom is -0.444 e. The third-order valence-electron chi connectivity index (χ3n) is 4.73. The number of H-pyrrole nitrogens is 1. The first-order valence-corrected chi connectivity index (χ1v) is 9.67. The number of benzene rings is 1. The van der Waals surface area contributed by atoms with Crippen LogP contribution in [0.2, 0.25) is 0 Å². The Kier molecular flexibility index (Phi) is 5.28. The summed E-state index contributed by atoms with van der Waals surface area (Å²) in [5.41, 5.74) is 8.16. The van der Waals surface area contributed by atoms with E-state index in [1.165, 1.54) is 22.2 Å². The van der Waals surface area contributed by atoms with Gasteiger partial charge in [0.05, 0.1) is 18.1 Å². The van der Waals surface area contributed by atoms with Crippen LogP contribution in [0.3, 0.4) is 0 Å². The fourth-order valence-corrected chi connectivity index (χ4v) is 4.29. The summed E-state index contributed by atoms with van der Waals surface area (Å²) in [7, 11) is 0. The molecule has 0 saturated carbocycles. The van der Waals surface area contributed by atoms with Crippen molar-refractivity contribution in [2.75, 3.05) is 11.9 Å². The molecule has 8 nitrogen and oxygen atoms in total. The van der Waals surface area contributed by atoms with Crippen LogP contribution in [0.1, 0.15) is 22.9 Å². The molecule has 0 spiro atoms. The van der Waals surface area contributed by atoms with E-state index in [1.54, 1.807) is 0 Å². The van der Waals surface area contributed by atoms with E-state index < -0.39 is 12.1 Å². The normalized spacial score (nSPS) is 14.8. The van der Waals surface area contributed by atoms with Gasteiger partial charge in [-0.25, -0.2) is 19.1 Å². The summed E-state index contributed by atoms with van der Waals surface area (Å²) in [6.45, 7) is 0.296. The van der Waals surface area contributed by atoms with Crippen molar-refractivity contribution in [3.05, 3.63) is 69.5 Å². The zero-order chi connectivity index (χ0) is 20.4. The third-order valence-corrected chi connectivity index (χ3v) is 5.97. The first-order valence-electron chi connectivity index (χ1n) is 8.85. The number of halogens is 1. The molecule has 1 aliphatic rings. The summed E-state index contributed by atoms with van der Waals surface area (Å²) < 4.78 is 19.5. The van der Waals surface area contributed by atoms with E-state index in [0.717, 1.165) is 20.9 Å². The lowest BCUT2D eigenvalue weighted by Gasteiger charge is -2.18. The maximum atomic E-state index is 13.1. The first kappa shape index (κ1) is 19.1. The van der Waals surface area contributed by atoms with Crippen LogP contribution in [-0.4, -0.2) is 27.4 Å². The second-order valence-electron chi connectivity index (χ2n) is 6.54. The van der Waals surface area contributed by atoms with Crippen molar-refractivity contribution in [1.29, 1.82) is 0 Å². The Bertz CT molecular complexity index is 1130. The maximum absolute atomic E-state index is 13.1. The predicted molar refractivity (Wildman–Crippen MR) is 107 cm³/mol. The molecule has 0 radical (unpaired) electrons. The van der Waals surface area contributed by atoms with Crippen LogP contribution in [0.5, 0.6) is 0 Å². The zero-order valence-corrected chi connectivity index (χ0v) is 16.0. The number of nitrogens with two attached hydrogens (primary N) is 1. The van der Waals surface area contributed by atoms with Crippen LogP contribution in [0.4, 0.5) is 14.9 Å². The van der Waals surface area contributed by atoms with E-state index in [2.05, 4.69) is 15.5 Å². The van der Waals surface area contributed by atoms with E-state index in [1.807, 2.05) is 30.3 Å². The average Bonchev–Trinajstić information content (AvgIpc) is 3.38. The SMILES string of the molecule is NC/C(=C\F)CC(c1ccc(-c2ccc3c(c2)NC(=O)OC3)s1)n1cn[nH]c1=O. The van der Waals surface area contributed by atoms with E-state index in [9.17, 15) is 14.0 Å². The van der Waals surface area contributed by atoms with Crippen molar-refractivity contribution < 1.29 is 13.9 Å². The van der Waals surface area contributed by atoms with Gasteiger partial charge in [-0.2, -0.15) is 5.10 Å². The average molecular weight is 415 g/mol. The summed E-state index contributed by atoms with van der Waals surface area (Å²) in [5, 5.41) is 8.84. The number of carbonyl (C=O) groups is 1. The monoisotopic (exact) mass is 415 g/mol. The number of thiophene rings is 1. The Morgan fingerprint density at radius 3 is 2.97 bits per heavy atom. The molecule has 29 heavy (non-hydrogen) atoms. The largest absolute Gasteiger partial charge is 0.444 e. The molecule has 4 rings (SSSR count). The van der Waals surface area contributed by atoms with Crippen LogP contribution in [0, 0.1) is 0 Å². The van der Waals surface area contributed by atoms with Crippen LogP contribution in [0.15, 0.2) is 53.4 Å². The molecule has 0 bridgehead atoms. The van der Waals surface area contributed by atoms with Crippen molar-refractivity contribution in [2.24, 2.45) is 5.73 Å². The third kappa shape index (κ3) is 3.84. The topological polar surface area (TPSA) is 115 Å². The van der Waals surface area contributed by atoms with Gasteiger partial charge >= 0.3 is 11.8 Å². The number of carbonyl (C=O) groups excluding carboxylic acids is 1. The van der Waals surface area contributed by atoms with Gasteiger partial charge < -0.3 is 10.5 Å². The molecule has 10 heteroatoms. The molecule has 3 heterocycles. The molecule has 1 aromatic carbocycles. The predicted octanol–water partition coefficient (Wildman–Crippen LogP) is 3.15. The van der Waals surface area contributed by atoms with Gasteiger partial charge in [0.2, 0.25) is 0 Å². The highest BCUT2D eigenvalue weighted by atomic mass is 32.1. The van der Waals surface area contributed by atoms with Crippen molar-refractivity contribution in [1.82, 2.24) is 14.8 Å². The van der Waals surface area contributed by atoms with Gasteiger partial charge in [-0.1, -0.05) is 12.1 Å². The second kappa shape index (κ2) is 8.02. The summed E-state index contributed by atoms with van der Waals surface area (Å²) in [6.07, 6.45) is 1.66. The van der Waals surface area contributed by atoms with Crippen molar-refractivity contribution in [2.45, 2.75) is 19.1 Å². The standard InChI is InChI=1S/C19H18FN5O3S/c20-7-11(8-21)5-15(25-10-22-24-18(25)26)17-4-3-16(29-17)12-1-2-13-9-28-19(27)23-14(13)6-12/h1-4,6-7,10,15H,5,8-9,21H2,(H,23,27)(H,24,26)/b11-7-. The lowest BCUT2D eigenvalue weighted by molar-refractivity contribution is 0.151. The van der Waals surface area contributed by atoms with E-state index >= 15 is 0 Å². The van der Waals surface area contributed by atoms with Crippen molar-refractivity contribution >= 4 is 23.1 Å². The Labute approximate surface area is 168 Å². The number of hydrogen-bond acceptors (Lipinski definition) is 6. The Morgan fingerprint density at radius 1 is 1.38 bits per heavy atom. The molecule has 3 aromatic rings. The van der Waals surface area contributed by atoms with Gasteiger partial charge in [-0.15, -0.1) is 11.3 Å². The fraction of sp³-hybridized carbons (Fsp3) is 0.211. The molecule has 0 aliphatic carbocycles. The molecule has 1 aliphatic heterocycles. The molecule has 4 N–H and O–H groups in total. The number of amides is 1. The van der Waals surface area contributed by atoms with Gasteiger partial charge in [0.15, 0.2) is 0 Å². The summed E-state index contributed by atoms with van der Waals surface area (Å²) in [5.74, 6) is 0. The quantitative estimate of drug-likeness (QED) is 0.572. The van der Waals surface area contributed by atoms with Gasteiger partial charge in [-0.05, 0) is 35.8 Å². The van der Waals surface area contributed by atoms with E-state index in [4.69, 9.17) is 10.5 Å². The molecule has 0 saturated heterocycles. The number of aromatic amines is 1. The summed E-state index contributed by atoms with van der Waals surface area (Å²) >= 11 is 1.48. The smallest absolute Gasteiger partial charge is 0.411 e. The van der Waals surface area contributed by atoms with Gasteiger partial charge in [0, 0.05) is 21.9 Å². The molecule has 1 atom stereocenters. The van der Waals surface area contributed by atoms with Crippen LogP contribution < -0.4 is 16.7 Å². The number of aromatic nitrogens is 3. The molecule has 2 aromatic heterocycles. The molecule has 0 fully saturated rings. The van der Waals surface area contributed by atoms with Crippen molar-refractivity contribution in [3.63, 3.8) is 0 Å². The Morgan fingerprint density at radius 2 is 2.24 bits per heavy atom. The highest BCUT2D eigenvalue weighted by molar-refractivity contribution is 7.15. The lowest BCUT2D eigenvalue weighted by atomic mass is 10.1. The van der Waals surface area contributed by atoms with Crippen molar-refractivity contribution in [3.8, 4) is 10.4 Å². The lowest BCUT2D eigenvalue weighted by Crippen LogP contribution is -2.23. The minimum atomic E-state index is -0.478. The second-order valence-corrected chi connectivity index (χ2v) is 7.65. The molecule has 150 valence electrons. The first-order chi connectivity index (χ1) is 14.1. The molecule has 1 unspecified atom stereocenters.